The molecule has 1 heterocycles. The van der Waals surface area contributed by atoms with E-state index in [2.05, 4.69) is 12.2 Å². The van der Waals surface area contributed by atoms with Crippen molar-refractivity contribution in [3.63, 3.8) is 0 Å². The topological polar surface area (TPSA) is 131 Å². The van der Waals surface area contributed by atoms with Crippen molar-refractivity contribution >= 4 is 29.3 Å². The summed E-state index contributed by atoms with van der Waals surface area (Å²) in [5, 5.41) is 15.7. The smallest absolute Gasteiger partial charge is 0.339 e. The average Bonchev–Trinajstić information content (AvgIpc) is 2.67. The number of urea groups is 1. The Hall–Kier alpha value is -3.17. The second-order valence-corrected chi connectivity index (χ2v) is 6.77. The molecule has 2 atom stereocenters. The number of ether oxygens (including phenoxy) is 1. The van der Waals surface area contributed by atoms with Crippen LogP contribution in [0.3, 0.4) is 0 Å². The van der Waals surface area contributed by atoms with Crippen molar-refractivity contribution in [2.45, 2.75) is 32.8 Å². The Balaban J connectivity index is 2.16. The predicted molar refractivity (Wildman–Crippen MR) is 101 cm³/mol. The highest BCUT2D eigenvalue weighted by molar-refractivity contribution is 5.98. The van der Waals surface area contributed by atoms with Crippen LogP contribution in [0.4, 0.5) is 16.2 Å². The van der Waals surface area contributed by atoms with Crippen LogP contribution in [0.5, 0.6) is 0 Å². The van der Waals surface area contributed by atoms with Crippen LogP contribution < -0.4 is 15.5 Å². The fourth-order valence-corrected chi connectivity index (χ4v) is 3.03. The van der Waals surface area contributed by atoms with E-state index in [9.17, 15) is 24.5 Å². The van der Waals surface area contributed by atoms with Gasteiger partial charge in [-0.15, -0.1) is 0 Å². The fourth-order valence-electron chi connectivity index (χ4n) is 3.03. The number of nitro benzene ring substituents is 1. The molecule has 2 N–H and O–H groups in total. The molecule has 1 aliphatic heterocycles. The molecule has 1 aliphatic rings. The number of nitrogens with one attached hydrogen (secondary N) is 2. The SMILES string of the molecule is CNC(=O)NC(=O)C(C)OC(=O)c1ccc(N2CCCC(C)C2)c([N+](=O)[O-])c1. The zero-order valence-corrected chi connectivity index (χ0v) is 16.1. The number of nitro groups is 1. The summed E-state index contributed by atoms with van der Waals surface area (Å²) < 4.78 is 5.01. The highest BCUT2D eigenvalue weighted by Gasteiger charge is 2.27. The molecule has 10 nitrogen and oxygen atoms in total. The van der Waals surface area contributed by atoms with E-state index in [1.165, 1.54) is 26.1 Å². The molecule has 1 fully saturated rings. The van der Waals surface area contributed by atoms with Gasteiger partial charge in [0.05, 0.1) is 10.5 Å². The second kappa shape index (κ2) is 9.16. The zero-order chi connectivity index (χ0) is 20.8. The first kappa shape index (κ1) is 21.1. The van der Waals surface area contributed by atoms with Gasteiger partial charge in [-0.25, -0.2) is 9.59 Å². The number of carbonyl (C=O) groups is 3. The minimum Gasteiger partial charge on any atom is -0.449 e. The van der Waals surface area contributed by atoms with Crippen LogP contribution in [0.2, 0.25) is 0 Å². The number of nitrogens with zero attached hydrogens (tertiary/aromatic N) is 2. The predicted octanol–water partition coefficient (Wildman–Crippen LogP) is 1.83. The number of rotatable bonds is 5. The van der Waals surface area contributed by atoms with Crippen LogP contribution in [-0.4, -0.2) is 49.1 Å². The van der Waals surface area contributed by atoms with Crippen molar-refractivity contribution in [3.05, 3.63) is 33.9 Å². The summed E-state index contributed by atoms with van der Waals surface area (Å²) in [6.45, 7) is 4.82. The molecule has 1 aromatic carbocycles. The molecule has 2 unspecified atom stereocenters. The summed E-state index contributed by atoms with van der Waals surface area (Å²) in [6.07, 6.45) is 0.775. The molecule has 0 spiro atoms. The maximum atomic E-state index is 12.3. The Kier molecular flexibility index (Phi) is 6.91. The van der Waals surface area contributed by atoms with Gasteiger partial charge in [0, 0.05) is 26.2 Å². The third-order valence-corrected chi connectivity index (χ3v) is 4.52. The normalized spacial score (nSPS) is 17.4. The van der Waals surface area contributed by atoms with Crippen molar-refractivity contribution in [1.82, 2.24) is 10.6 Å². The van der Waals surface area contributed by atoms with Gasteiger partial charge in [0.2, 0.25) is 0 Å². The molecule has 28 heavy (non-hydrogen) atoms. The first-order valence-electron chi connectivity index (χ1n) is 8.99. The van der Waals surface area contributed by atoms with Gasteiger partial charge >= 0.3 is 12.0 Å². The Morgan fingerprint density at radius 3 is 2.68 bits per heavy atom. The van der Waals surface area contributed by atoms with Gasteiger partial charge in [-0.1, -0.05) is 6.92 Å². The first-order chi connectivity index (χ1) is 13.2. The number of piperidine rings is 1. The Morgan fingerprint density at radius 1 is 1.36 bits per heavy atom. The second-order valence-electron chi connectivity index (χ2n) is 6.77. The summed E-state index contributed by atoms with van der Waals surface area (Å²) in [5.74, 6) is -1.26. The van der Waals surface area contributed by atoms with E-state index in [0.717, 1.165) is 18.9 Å². The Morgan fingerprint density at radius 2 is 2.07 bits per heavy atom. The molecule has 1 aromatic rings. The van der Waals surface area contributed by atoms with E-state index in [1.54, 1.807) is 0 Å². The summed E-state index contributed by atoms with van der Waals surface area (Å²) in [5.41, 5.74) is 0.227. The number of anilines is 1. The molecular weight excluding hydrogens is 368 g/mol. The molecule has 152 valence electrons. The molecule has 3 amide bonds. The maximum absolute atomic E-state index is 12.3. The summed E-state index contributed by atoms with van der Waals surface area (Å²) in [4.78, 5) is 48.2. The lowest BCUT2D eigenvalue weighted by molar-refractivity contribution is -0.384. The van der Waals surface area contributed by atoms with Gasteiger partial charge in [0.1, 0.15) is 5.69 Å². The van der Waals surface area contributed by atoms with E-state index in [0.29, 0.717) is 24.7 Å². The highest BCUT2D eigenvalue weighted by Crippen LogP contribution is 2.32. The first-order valence-corrected chi connectivity index (χ1v) is 8.99. The largest absolute Gasteiger partial charge is 0.449 e. The molecule has 0 bridgehead atoms. The minimum atomic E-state index is -1.24. The standard InChI is InChI=1S/C18H24N4O6/c1-11-5-4-8-21(10-11)14-7-6-13(9-15(14)22(26)27)17(24)28-12(2)16(23)20-18(25)19-3/h6-7,9,11-12H,4-5,8,10H2,1-3H3,(H2,19,20,23,25). The lowest BCUT2D eigenvalue weighted by Gasteiger charge is -2.32. The van der Waals surface area contributed by atoms with Crippen LogP contribution in [0.25, 0.3) is 0 Å². The third-order valence-electron chi connectivity index (χ3n) is 4.52. The van der Waals surface area contributed by atoms with Crippen molar-refractivity contribution in [2.24, 2.45) is 5.92 Å². The van der Waals surface area contributed by atoms with Gasteiger partial charge in [0.25, 0.3) is 11.6 Å². The van der Waals surface area contributed by atoms with Gasteiger partial charge in [-0.3, -0.25) is 20.2 Å². The monoisotopic (exact) mass is 392 g/mol. The van der Waals surface area contributed by atoms with E-state index >= 15 is 0 Å². The molecular formula is C18H24N4O6. The van der Waals surface area contributed by atoms with Crippen LogP contribution in [0.15, 0.2) is 18.2 Å². The van der Waals surface area contributed by atoms with Crippen LogP contribution in [0.1, 0.15) is 37.0 Å². The van der Waals surface area contributed by atoms with E-state index < -0.39 is 28.9 Å². The number of esters is 1. The zero-order valence-electron chi connectivity index (χ0n) is 16.1. The number of hydrogen-bond donors (Lipinski definition) is 2. The van der Waals surface area contributed by atoms with Crippen molar-refractivity contribution < 1.29 is 24.0 Å². The maximum Gasteiger partial charge on any atom is 0.339 e. The molecule has 1 saturated heterocycles. The Labute approximate surface area is 162 Å². The number of carbonyl (C=O) groups excluding carboxylic acids is 3. The van der Waals surface area contributed by atoms with Gasteiger partial charge in [-0.05, 0) is 37.8 Å². The molecule has 0 radical (unpaired) electrons. The number of imide groups is 1. The molecule has 2 rings (SSSR count). The van der Waals surface area contributed by atoms with Crippen molar-refractivity contribution in [2.75, 3.05) is 25.0 Å². The van der Waals surface area contributed by atoms with E-state index in [1.807, 2.05) is 10.2 Å². The quantitative estimate of drug-likeness (QED) is 0.444. The average molecular weight is 392 g/mol. The van der Waals surface area contributed by atoms with Crippen molar-refractivity contribution in [1.29, 1.82) is 0 Å². The molecule has 0 aromatic heterocycles. The number of benzene rings is 1. The van der Waals surface area contributed by atoms with E-state index in [-0.39, 0.29) is 11.3 Å². The summed E-state index contributed by atoms with van der Waals surface area (Å²) in [7, 11) is 1.34. The van der Waals surface area contributed by atoms with Gasteiger partial charge in [0.15, 0.2) is 6.10 Å². The third kappa shape index (κ3) is 5.18. The Bertz CT molecular complexity index is 781. The van der Waals surface area contributed by atoms with Crippen LogP contribution >= 0.6 is 0 Å². The van der Waals surface area contributed by atoms with Gasteiger partial charge < -0.3 is 15.0 Å². The van der Waals surface area contributed by atoms with Crippen LogP contribution in [-0.2, 0) is 9.53 Å². The summed E-state index contributed by atoms with van der Waals surface area (Å²) in [6, 6.07) is 3.39. The highest BCUT2D eigenvalue weighted by atomic mass is 16.6. The molecule has 0 aliphatic carbocycles. The number of hydrogen-bond acceptors (Lipinski definition) is 7. The molecule has 0 saturated carbocycles. The fraction of sp³-hybridized carbons (Fsp3) is 0.500. The van der Waals surface area contributed by atoms with E-state index in [4.69, 9.17) is 4.74 Å². The summed E-state index contributed by atoms with van der Waals surface area (Å²) >= 11 is 0. The number of amides is 3. The van der Waals surface area contributed by atoms with Crippen LogP contribution in [0, 0.1) is 16.0 Å². The lowest BCUT2D eigenvalue weighted by atomic mass is 9.99. The minimum absolute atomic E-state index is 0.0416. The van der Waals surface area contributed by atoms with Crippen molar-refractivity contribution in [3.8, 4) is 0 Å². The van der Waals surface area contributed by atoms with Gasteiger partial charge in [-0.2, -0.15) is 0 Å². The lowest BCUT2D eigenvalue weighted by Crippen LogP contribution is -2.43. The molecule has 10 heteroatoms.